The molecule has 0 aliphatic rings. The van der Waals surface area contributed by atoms with Crippen LogP contribution in [0.25, 0.3) is 0 Å². The second kappa shape index (κ2) is 9.71. The summed E-state index contributed by atoms with van der Waals surface area (Å²) in [5, 5.41) is 2.84. The van der Waals surface area contributed by atoms with E-state index >= 15 is 0 Å². The molecule has 0 heterocycles. The Bertz CT molecular complexity index is 834. The van der Waals surface area contributed by atoms with Crippen LogP contribution in [0.15, 0.2) is 46.9 Å². The summed E-state index contributed by atoms with van der Waals surface area (Å²) in [4.78, 5) is 26.0. The van der Waals surface area contributed by atoms with Crippen LogP contribution in [-0.2, 0) is 16.1 Å². The van der Waals surface area contributed by atoms with E-state index in [1.165, 1.54) is 18.0 Å². The highest BCUT2D eigenvalue weighted by molar-refractivity contribution is 9.10. The minimum atomic E-state index is -0.800. The lowest BCUT2D eigenvalue weighted by Gasteiger charge is -2.28. The molecule has 1 atom stereocenters. The molecule has 2 aromatic rings. The maximum Gasteiger partial charge on any atom is 0.261 e. The monoisotopic (exact) mass is 456 g/mol. The fraction of sp³-hybridized carbons (Fsp3) is 0.263. The molecule has 2 amide bonds. The van der Waals surface area contributed by atoms with Crippen molar-refractivity contribution in [1.29, 1.82) is 0 Å². The van der Waals surface area contributed by atoms with Gasteiger partial charge in [0.05, 0.1) is 5.02 Å². The Morgan fingerprint density at radius 1 is 1.30 bits per heavy atom. The molecule has 0 saturated carbocycles. The highest BCUT2D eigenvalue weighted by atomic mass is 79.9. The second-order valence-corrected chi connectivity index (χ2v) is 7.09. The van der Waals surface area contributed by atoms with Gasteiger partial charge >= 0.3 is 0 Å². The van der Waals surface area contributed by atoms with Gasteiger partial charge in [0.2, 0.25) is 5.91 Å². The van der Waals surface area contributed by atoms with Gasteiger partial charge in [-0.2, -0.15) is 0 Å². The van der Waals surface area contributed by atoms with Crippen LogP contribution >= 0.6 is 27.5 Å². The van der Waals surface area contributed by atoms with Crippen molar-refractivity contribution >= 4 is 39.3 Å². The van der Waals surface area contributed by atoms with Gasteiger partial charge in [-0.1, -0.05) is 45.7 Å². The molecule has 2 aromatic carbocycles. The average molecular weight is 458 g/mol. The number of carbonyl (C=O) groups excluding carboxylic acids is 2. The highest BCUT2D eigenvalue weighted by Crippen LogP contribution is 2.27. The van der Waals surface area contributed by atoms with E-state index in [9.17, 15) is 14.0 Å². The molecule has 8 heteroatoms. The number of likely N-dealkylation sites (N-methyl/N-ethyl adjacent to an activating group) is 1. The zero-order valence-corrected chi connectivity index (χ0v) is 17.2. The number of hydrogen-bond acceptors (Lipinski definition) is 3. The lowest BCUT2D eigenvalue weighted by molar-refractivity contribution is -0.142. The molecule has 0 fully saturated rings. The normalized spacial score (nSPS) is 11.6. The number of carbonyl (C=O) groups is 2. The zero-order chi connectivity index (χ0) is 20.0. The van der Waals surface area contributed by atoms with Crippen molar-refractivity contribution in [2.24, 2.45) is 0 Å². The fourth-order valence-corrected chi connectivity index (χ4v) is 3.14. The summed E-state index contributed by atoms with van der Waals surface area (Å²) in [7, 11) is 1.47. The molecule has 0 aromatic heterocycles. The van der Waals surface area contributed by atoms with Gasteiger partial charge in [0.15, 0.2) is 6.61 Å². The maximum atomic E-state index is 14.0. The Balaban J connectivity index is 2.17. The Hall–Kier alpha value is -2.12. The van der Waals surface area contributed by atoms with Gasteiger partial charge in [0, 0.05) is 23.6 Å². The minimum absolute atomic E-state index is 0.0580. The fourth-order valence-electron chi connectivity index (χ4n) is 2.42. The number of nitrogens with zero attached hydrogens (tertiary/aromatic N) is 1. The number of hydrogen-bond donors (Lipinski definition) is 1. The number of rotatable bonds is 7. The summed E-state index contributed by atoms with van der Waals surface area (Å²) in [5.41, 5.74) is 0.309. The zero-order valence-electron chi connectivity index (χ0n) is 14.8. The van der Waals surface area contributed by atoms with Crippen LogP contribution in [0.3, 0.4) is 0 Å². The lowest BCUT2D eigenvalue weighted by Crippen LogP contribution is -2.48. The number of benzene rings is 2. The van der Waals surface area contributed by atoms with Crippen molar-refractivity contribution in [2.45, 2.75) is 19.5 Å². The summed E-state index contributed by atoms with van der Waals surface area (Å²) in [5.74, 6) is -0.933. The van der Waals surface area contributed by atoms with E-state index in [2.05, 4.69) is 21.2 Å². The first-order chi connectivity index (χ1) is 12.8. The van der Waals surface area contributed by atoms with Crippen LogP contribution in [0.1, 0.15) is 12.5 Å². The van der Waals surface area contributed by atoms with Crippen molar-refractivity contribution < 1.29 is 18.7 Å². The SMILES string of the molecule is CNC(=O)[C@@H](C)N(Cc1ccccc1F)C(=O)COc1ccc(Br)cc1Cl. The largest absolute Gasteiger partial charge is 0.482 e. The predicted octanol–water partition coefficient (Wildman–Crippen LogP) is 3.78. The van der Waals surface area contributed by atoms with Gasteiger partial charge in [0.1, 0.15) is 17.6 Å². The molecule has 0 aliphatic heterocycles. The first-order valence-corrected chi connectivity index (χ1v) is 9.33. The van der Waals surface area contributed by atoms with E-state index in [-0.39, 0.29) is 19.1 Å². The smallest absolute Gasteiger partial charge is 0.261 e. The molecule has 5 nitrogen and oxygen atoms in total. The molecule has 27 heavy (non-hydrogen) atoms. The van der Waals surface area contributed by atoms with E-state index in [4.69, 9.17) is 16.3 Å². The van der Waals surface area contributed by atoms with Crippen LogP contribution in [-0.4, -0.2) is 36.4 Å². The molecule has 0 spiro atoms. The summed E-state index contributed by atoms with van der Waals surface area (Å²) >= 11 is 9.38. The van der Waals surface area contributed by atoms with Crippen molar-refractivity contribution in [3.63, 3.8) is 0 Å². The van der Waals surface area contributed by atoms with Gasteiger partial charge in [-0.15, -0.1) is 0 Å². The van der Waals surface area contributed by atoms with E-state index in [1.54, 1.807) is 43.3 Å². The summed E-state index contributed by atoms with van der Waals surface area (Å²) < 4.78 is 20.3. The van der Waals surface area contributed by atoms with E-state index in [1.807, 2.05) is 0 Å². The minimum Gasteiger partial charge on any atom is -0.482 e. The average Bonchev–Trinajstić information content (AvgIpc) is 2.65. The molecule has 2 rings (SSSR count). The van der Waals surface area contributed by atoms with E-state index < -0.39 is 17.8 Å². The lowest BCUT2D eigenvalue weighted by atomic mass is 10.1. The molecular formula is C19H19BrClFN2O3. The standard InChI is InChI=1S/C19H19BrClFN2O3/c1-12(19(26)23-2)24(10-13-5-3-4-6-16(13)22)18(25)11-27-17-8-7-14(20)9-15(17)21/h3-9,12H,10-11H2,1-2H3,(H,23,26)/t12-/m1/s1. The number of ether oxygens (including phenoxy) is 1. The third-order valence-electron chi connectivity index (χ3n) is 3.96. The third kappa shape index (κ3) is 5.68. The Labute approximate surface area is 170 Å². The number of nitrogens with one attached hydrogen (secondary N) is 1. The third-order valence-corrected chi connectivity index (χ3v) is 4.75. The topological polar surface area (TPSA) is 58.6 Å². The Kier molecular flexibility index (Phi) is 7.62. The number of amides is 2. The van der Waals surface area contributed by atoms with E-state index in [0.717, 1.165) is 4.47 Å². The van der Waals surface area contributed by atoms with Gasteiger partial charge in [-0.05, 0) is 31.2 Å². The first-order valence-electron chi connectivity index (χ1n) is 8.15. The molecule has 1 N–H and O–H groups in total. The Morgan fingerprint density at radius 2 is 2.00 bits per heavy atom. The van der Waals surface area contributed by atoms with Gasteiger partial charge in [-0.25, -0.2) is 4.39 Å². The predicted molar refractivity (Wildman–Crippen MR) is 105 cm³/mol. The summed E-state index contributed by atoms with van der Waals surface area (Å²) in [6.07, 6.45) is 0. The van der Waals surface area contributed by atoms with Crippen molar-refractivity contribution in [1.82, 2.24) is 10.2 Å². The molecule has 0 radical (unpaired) electrons. The van der Waals surface area contributed by atoms with Crippen LogP contribution in [0.4, 0.5) is 4.39 Å². The van der Waals surface area contributed by atoms with Crippen molar-refractivity contribution in [3.05, 3.63) is 63.3 Å². The van der Waals surface area contributed by atoms with Gasteiger partial charge < -0.3 is 15.0 Å². The molecule has 0 bridgehead atoms. The van der Waals surface area contributed by atoms with Crippen LogP contribution < -0.4 is 10.1 Å². The first kappa shape index (κ1) is 21.2. The van der Waals surface area contributed by atoms with Crippen LogP contribution in [0.5, 0.6) is 5.75 Å². The van der Waals surface area contributed by atoms with Crippen molar-refractivity contribution in [3.8, 4) is 5.75 Å². The number of halogens is 3. The summed E-state index contributed by atoms with van der Waals surface area (Å²) in [6, 6.07) is 10.3. The maximum absolute atomic E-state index is 14.0. The molecule has 0 unspecified atom stereocenters. The van der Waals surface area contributed by atoms with Crippen LogP contribution in [0.2, 0.25) is 5.02 Å². The van der Waals surface area contributed by atoms with Crippen LogP contribution in [0, 0.1) is 5.82 Å². The molecule has 144 valence electrons. The second-order valence-electron chi connectivity index (χ2n) is 5.77. The van der Waals surface area contributed by atoms with E-state index in [0.29, 0.717) is 16.3 Å². The highest BCUT2D eigenvalue weighted by Gasteiger charge is 2.26. The summed E-state index contributed by atoms with van der Waals surface area (Å²) in [6.45, 7) is 1.18. The Morgan fingerprint density at radius 3 is 2.63 bits per heavy atom. The molecule has 0 saturated heterocycles. The molecule has 0 aliphatic carbocycles. The van der Waals surface area contributed by atoms with Gasteiger partial charge in [-0.3, -0.25) is 9.59 Å². The quantitative estimate of drug-likeness (QED) is 0.688. The molecular weight excluding hydrogens is 439 g/mol. The van der Waals surface area contributed by atoms with Crippen molar-refractivity contribution in [2.75, 3.05) is 13.7 Å². The van der Waals surface area contributed by atoms with Gasteiger partial charge in [0.25, 0.3) is 5.91 Å².